The average Bonchev–Trinajstić information content (AvgIpc) is 3.20. The third-order valence-corrected chi connectivity index (χ3v) is 7.96. The van der Waals surface area contributed by atoms with E-state index in [1.807, 2.05) is 6.92 Å². The first-order valence-electron chi connectivity index (χ1n) is 10.8. The lowest BCUT2D eigenvalue weighted by molar-refractivity contribution is 0.0622. The number of methoxy groups -OCH3 is 1. The normalized spacial score (nSPS) is 16.1. The third kappa shape index (κ3) is 5.53. The van der Waals surface area contributed by atoms with E-state index >= 15 is 0 Å². The molecule has 0 aliphatic carbocycles. The zero-order valence-electron chi connectivity index (χ0n) is 19.1. The van der Waals surface area contributed by atoms with Gasteiger partial charge in [0.2, 0.25) is 5.88 Å². The molecule has 2 aromatic heterocycles. The molecule has 2 atom stereocenters. The van der Waals surface area contributed by atoms with Crippen LogP contribution in [0.4, 0.5) is 19.6 Å². The van der Waals surface area contributed by atoms with E-state index in [-0.39, 0.29) is 22.5 Å². The molecule has 0 amide bonds. The molecule has 182 valence electrons. The Bertz CT molecular complexity index is 1190. The fourth-order valence-electron chi connectivity index (χ4n) is 3.82. The van der Waals surface area contributed by atoms with E-state index in [0.717, 1.165) is 53.9 Å². The SMILES string of the molecule is COc1ncc(-c2sc(NC(C)C3CCOCC3)nc2C)cc1S(=O)Nc1ccc(F)cc1F. The topological polar surface area (TPSA) is 85.4 Å². The predicted octanol–water partition coefficient (Wildman–Crippen LogP) is 5.16. The minimum absolute atomic E-state index is 0.0882. The Morgan fingerprint density at radius 3 is 2.74 bits per heavy atom. The van der Waals surface area contributed by atoms with Crippen molar-refractivity contribution in [2.45, 2.75) is 37.6 Å². The van der Waals surface area contributed by atoms with Crippen molar-refractivity contribution in [3.63, 3.8) is 0 Å². The number of hydrogen-bond donors (Lipinski definition) is 2. The van der Waals surface area contributed by atoms with E-state index in [2.05, 4.69) is 26.9 Å². The van der Waals surface area contributed by atoms with E-state index in [1.54, 1.807) is 12.3 Å². The van der Waals surface area contributed by atoms with Crippen LogP contribution in [-0.2, 0) is 15.7 Å². The molecule has 1 aromatic carbocycles. The number of ether oxygens (including phenoxy) is 2. The summed E-state index contributed by atoms with van der Waals surface area (Å²) in [6.45, 7) is 5.63. The number of thiazole rings is 1. The number of hydrogen-bond acceptors (Lipinski definition) is 7. The molecule has 11 heteroatoms. The Balaban J connectivity index is 1.56. The lowest BCUT2D eigenvalue weighted by atomic mass is 9.93. The molecule has 1 fully saturated rings. The van der Waals surface area contributed by atoms with Gasteiger partial charge in [-0.05, 0) is 50.8 Å². The molecule has 7 nitrogen and oxygen atoms in total. The van der Waals surface area contributed by atoms with Crippen LogP contribution in [0, 0.1) is 24.5 Å². The first-order chi connectivity index (χ1) is 16.4. The molecule has 0 spiro atoms. The molecule has 3 aromatic rings. The highest BCUT2D eigenvalue weighted by Gasteiger charge is 2.23. The van der Waals surface area contributed by atoms with Crippen LogP contribution in [0.3, 0.4) is 0 Å². The van der Waals surface area contributed by atoms with E-state index < -0.39 is 22.6 Å². The summed E-state index contributed by atoms with van der Waals surface area (Å²) in [6.07, 6.45) is 3.67. The second kappa shape index (κ2) is 10.7. The highest BCUT2D eigenvalue weighted by molar-refractivity contribution is 7.86. The second-order valence-corrected chi connectivity index (χ2v) is 10.2. The van der Waals surface area contributed by atoms with Gasteiger partial charge in [-0.25, -0.2) is 23.0 Å². The van der Waals surface area contributed by atoms with Gasteiger partial charge in [0.15, 0.2) is 16.1 Å². The third-order valence-electron chi connectivity index (χ3n) is 5.73. The van der Waals surface area contributed by atoms with E-state index in [9.17, 15) is 13.0 Å². The zero-order valence-corrected chi connectivity index (χ0v) is 20.7. The summed E-state index contributed by atoms with van der Waals surface area (Å²) in [4.78, 5) is 10.1. The number of pyridine rings is 1. The number of anilines is 2. The summed E-state index contributed by atoms with van der Waals surface area (Å²) in [6, 6.07) is 4.95. The Kier molecular flexibility index (Phi) is 7.74. The molecule has 1 aliphatic rings. The smallest absolute Gasteiger partial charge is 0.231 e. The van der Waals surface area contributed by atoms with Crippen LogP contribution in [0.2, 0.25) is 0 Å². The fraction of sp³-hybridized carbons (Fsp3) is 0.391. The molecule has 2 unspecified atom stereocenters. The van der Waals surface area contributed by atoms with Crippen LogP contribution in [0.25, 0.3) is 10.4 Å². The van der Waals surface area contributed by atoms with Gasteiger partial charge < -0.3 is 14.8 Å². The molecular formula is C23H26F2N4O3S2. The maximum atomic E-state index is 14.0. The lowest BCUT2D eigenvalue weighted by Crippen LogP contribution is -2.30. The summed E-state index contributed by atoms with van der Waals surface area (Å²) in [7, 11) is -0.487. The summed E-state index contributed by atoms with van der Waals surface area (Å²) < 4.78 is 53.5. The first-order valence-corrected chi connectivity index (χ1v) is 12.8. The Morgan fingerprint density at radius 2 is 2.03 bits per heavy atom. The largest absolute Gasteiger partial charge is 0.480 e. The monoisotopic (exact) mass is 508 g/mol. The van der Waals surface area contributed by atoms with Gasteiger partial charge in [0.05, 0.1) is 23.4 Å². The minimum atomic E-state index is -1.90. The molecule has 34 heavy (non-hydrogen) atoms. The van der Waals surface area contributed by atoms with Gasteiger partial charge in [-0.1, -0.05) is 11.3 Å². The van der Waals surface area contributed by atoms with Gasteiger partial charge in [-0.3, -0.25) is 4.72 Å². The van der Waals surface area contributed by atoms with Crippen molar-refractivity contribution in [1.82, 2.24) is 9.97 Å². The number of aromatic nitrogens is 2. The number of nitrogens with zero attached hydrogens (tertiary/aromatic N) is 2. The van der Waals surface area contributed by atoms with Gasteiger partial charge in [0.25, 0.3) is 0 Å². The number of aryl methyl sites for hydroxylation is 1. The molecule has 4 rings (SSSR count). The molecule has 1 aliphatic heterocycles. The number of benzene rings is 1. The molecular weight excluding hydrogens is 482 g/mol. The maximum absolute atomic E-state index is 14.0. The molecule has 0 radical (unpaired) electrons. The Morgan fingerprint density at radius 1 is 1.26 bits per heavy atom. The van der Waals surface area contributed by atoms with Crippen LogP contribution < -0.4 is 14.8 Å². The van der Waals surface area contributed by atoms with Gasteiger partial charge >= 0.3 is 0 Å². The first kappa shape index (κ1) is 24.5. The fourth-order valence-corrected chi connectivity index (χ4v) is 5.87. The molecule has 1 saturated heterocycles. The summed E-state index contributed by atoms with van der Waals surface area (Å²) in [5, 5.41) is 4.31. The van der Waals surface area contributed by atoms with Crippen molar-refractivity contribution in [2.24, 2.45) is 5.92 Å². The van der Waals surface area contributed by atoms with Crippen molar-refractivity contribution < 1.29 is 22.5 Å². The van der Waals surface area contributed by atoms with E-state index in [1.165, 1.54) is 24.5 Å². The summed E-state index contributed by atoms with van der Waals surface area (Å²) >= 11 is 1.49. The zero-order chi connectivity index (χ0) is 24.2. The second-order valence-electron chi connectivity index (χ2n) is 8.04. The standard InChI is InChI=1S/C23H26F2N4O3S2/c1-13(15-6-8-32-9-7-15)27-23-28-14(2)21(33-23)16-10-20(22(31-3)26-12-16)34(30)29-19-5-4-17(24)11-18(19)25/h4-5,10-13,15,29H,6-9H2,1-3H3,(H,27,28). The van der Waals surface area contributed by atoms with Gasteiger partial charge in [-0.2, -0.15) is 0 Å². The van der Waals surface area contributed by atoms with Crippen LogP contribution in [0.1, 0.15) is 25.5 Å². The molecule has 2 N–H and O–H groups in total. The Labute approximate surface area is 203 Å². The van der Waals surface area contributed by atoms with Crippen molar-refractivity contribution in [1.29, 1.82) is 0 Å². The Hall–Kier alpha value is -2.63. The van der Waals surface area contributed by atoms with Crippen LogP contribution in [-0.4, -0.2) is 40.5 Å². The minimum Gasteiger partial charge on any atom is -0.480 e. The van der Waals surface area contributed by atoms with Crippen LogP contribution >= 0.6 is 11.3 Å². The van der Waals surface area contributed by atoms with Crippen molar-refractivity contribution in [2.75, 3.05) is 30.4 Å². The predicted molar refractivity (Wildman–Crippen MR) is 130 cm³/mol. The molecule has 0 bridgehead atoms. The molecule has 0 saturated carbocycles. The van der Waals surface area contributed by atoms with E-state index in [0.29, 0.717) is 11.5 Å². The van der Waals surface area contributed by atoms with Crippen LogP contribution in [0.15, 0.2) is 35.4 Å². The van der Waals surface area contributed by atoms with Gasteiger partial charge in [0.1, 0.15) is 16.5 Å². The average molecular weight is 509 g/mol. The summed E-state index contributed by atoms with van der Waals surface area (Å²) in [5.74, 6) is -0.892. The van der Waals surface area contributed by atoms with Crippen molar-refractivity contribution in [3.8, 4) is 16.3 Å². The highest BCUT2D eigenvalue weighted by atomic mass is 32.2. The van der Waals surface area contributed by atoms with Gasteiger partial charge in [-0.15, -0.1) is 0 Å². The number of nitrogens with one attached hydrogen (secondary N) is 2. The highest BCUT2D eigenvalue weighted by Crippen LogP contribution is 2.36. The quantitative estimate of drug-likeness (QED) is 0.437. The maximum Gasteiger partial charge on any atom is 0.231 e. The van der Waals surface area contributed by atoms with Crippen molar-refractivity contribution in [3.05, 3.63) is 47.8 Å². The molecule has 3 heterocycles. The number of rotatable bonds is 8. The summed E-state index contributed by atoms with van der Waals surface area (Å²) in [5.41, 5.74) is 1.44. The van der Waals surface area contributed by atoms with Crippen LogP contribution in [0.5, 0.6) is 5.88 Å². The number of halogens is 2. The van der Waals surface area contributed by atoms with Crippen molar-refractivity contribution >= 4 is 33.1 Å². The lowest BCUT2D eigenvalue weighted by Gasteiger charge is -2.28. The van der Waals surface area contributed by atoms with Gasteiger partial charge in [0, 0.05) is 37.1 Å². The van der Waals surface area contributed by atoms with E-state index in [4.69, 9.17) is 9.47 Å².